The molecule has 146 valence electrons. The lowest BCUT2D eigenvalue weighted by atomic mass is 10.1. The van der Waals surface area contributed by atoms with Gasteiger partial charge in [0, 0.05) is 25.9 Å². The largest absolute Gasteiger partial charge is 0.488 e. The molecule has 1 aromatic carbocycles. The number of fused-ring (bicyclic) bond motifs is 2. The summed E-state index contributed by atoms with van der Waals surface area (Å²) in [6.07, 6.45) is 4.49. The molecule has 27 heavy (non-hydrogen) atoms. The first kappa shape index (κ1) is 19.9. The minimum Gasteiger partial charge on any atom is -0.488 e. The van der Waals surface area contributed by atoms with Crippen LogP contribution in [0.5, 0.6) is 5.75 Å². The van der Waals surface area contributed by atoms with E-state index in [2.05, 4.69) is 49.4 Å². The van der Waals surface area contributed by atoms with Crippen molar-refractivity contribution in [2.24, 2.45) is 4.99 Å². The van der Waals surface area contributed by atoms with Crippen LogP contribution in [-0.2, 0) is 25.9 Å². The van der Waals surface area contributed by atoms with Crippen LogP contribution >= 0.6 is 24.0 Å². The average Bonchev–Trinajstić information content (AvgIpc) is 3.27. The van der Waals surface area contributed by atoms with Crippen LogP contribution in [-0.4, -0.2) is 39.9 Å². The summed E-state index contributed by atoms with van der Waals surface area (Å²) < 4.78 is 8.20. The standard InChI is InChI=1S/C19H26N6O.HI/c1-2-20-19(21-12-15-11-14-7-3-4-8-16(14)26-15)22-13-18-24-23-17-9-5-6-10-25(17)18;/h3-4,7-8,15H,2,5-6,9-13H2,1H3,(H2,20,21,22);1H. The molecule has 2 N–H and O–H groups in total. The first-order valence-electron chi connectivity index (χ1n) is 9.51. The van der Waals surface area contributed by atoms with E-state index in [1.165, 1.54) is 18.4 Å². The molecule has 0 saturated heterocycles. The van der Waals surface area contributed by atoms with Gasteiger partial charge in [-0.3, -0.25) is 0 Å². The maximum Gasteiger partial charge on any atom is 0.191 e. The molecule has 0 aliphatic carbocycles. The van der Waals surface area contributed by atoms with E-state index in [1.54, 1.807) is 0 Å². The third kappa shape index (κ3) is 4.72. The van der Waals surface area contributed by atoms with Crippen molar-refractivity contribution in [1.29, 1.82) is 0 Å². The van der Waals surface area contributed by atoms with Crippen molar-refractivity contribution in [3.8, 4) is 5.75 Å². The Morgan fingerprint density at radius 3 is 3.00 bits per heavy atom. The van der Waals surface area contributed by atoms with E-state index in [4.69, 9.17) is 4.74 Å². The van der Waals surface area contributed by atoms with Crippen LogP contribution in [0, 0.1) is 0 Å². The fraction of sp³-hybridized carbons (Fsp3) is 0.526. The highest BCUT2D eigenvalue weighted by Gasteiger charge is 2.22. The summed E-state index contributed by atoms with van der Waals surface area (Å²) in [5.74, 6) is 3.83. The summed E-state index contributed by atoms with van der Waals surface area (Å²) in [5, 5.41) is 15.3. The van der Waals surface area contributed by atoms with Gasteiger partial charge in [0.05, 0.1) is 6.54 Å². The lowest BCUT2D eigenvalue weighted by Gasteiger charge is -2.16. The second kappa shape index (κ2) is 9.38. The number of nitrogens with zero attached hydrogens (tertiary/aromatic N) is 4. The number of nitrogens with one attached hydrogen (secondary N) is 2. The molecular weight excluding hydrogens is 455 g/mol. The molecule has 0 saturated carbocycles. The van der Waals surface area contributed by atoms with E-state index < -0.39 is 0 Å². The molecule has 1 atom stereocenters. The molecule has 0 radical (unpaired) electrons. The highest BCUT2D eigenvalue weighted by molar-refractivity contribution is 14.0. The number of rotatable bonds is 5. The molecule has 3 heterocycles. The van der Waals surface area contributed by atoms with Crippen molar-refractivity contribution >= 4 is 29.9 Å². The molecule has 8 heteroatoms. The number of ether oxygens (including phenoxy) is 1. The summed E-state index contributed by atoms with van der Waals surface area (Å²) in [4.78, 5) is 4.69. The minimum absolute atomic E-state index is 0. The van der Waals surface area contributed by atoms with E-state index in [9.17, 15) is 0 Å². The maximum atomic E-state index is 5.99. The van der Waals surface area contributed by atoms with Gasteiger partial charge in [0.25, 0.3) is 0 Å². The lowest BCUT2D eigenvalue weighted by Crippen LogP contribution is -2.42. The minimum atomic E-state index is 0. The lowest BCUT2D eigenvalue weighted by molar-refractivity contribution is 0.235. The number of aliphatic imine (C=N–C) groups is 1. The summed E-state index contributed by atoms with van der Waals surface area (Å²) in [5.41, 5.74) is 1.27. The third-order valence-electron chi connectivity index (χ3n) is 4.87. The zero-order chi connectivity index (χ0) is 17.8. The van der Waals surface area contributed by atoms with Crippen LogP contribution in [0.15, 0.2) is 29.3 Å². The van der Waals surface area contributed by atoms with Gasteiger partial charge in [-0.25, -0.2) is 4.99 Å². The molecule has 1 aromatic heterocycles. The number of benzene rings is 1. The first-order chi connectivity index (χ1) is 12.8. The highest BCUT2D eigenvalue weighted by atomic mass is 127. The average molecular weight is 482 g/mol. The Bertz CT molecular complexity index is 765. The number of aryl methyl sites for hydroxylation is 1. The maximum absolute atomic E-state index is 5.99. The molecule has 0 fully saturated rings. The molecule has 7 nitrogen and oxygen atoms in total. The molecular formula is C19H27IN6O. The SMILES string of the molecule is CCNC(=NCc1nnc2n1CCCC2)NCC1Cc2ccccc2O1.I. The van der Waals surface area contributed by atoms with Crippen LogP contribution in [0.25, 0.3) is 0 Å². The van der Waals surface area contributed by atoms with Crippen molar-refractivity contribution in [3.63, 3.8) is 0 Å². The monoisotopic (exact) mass is 482 g/mol. The Morgan fingerprint density at radius 2 is 2.15 bits per heavy atom. The topological polar surface area (TPSA) is 76.4 Å². The Balaban J connectivity index is 0.00000210. The number of hydrogen-bond donors (Lipinski definition) is 2. The Kier molecular flexibility index (Phi) is 6.92. The van der Waals surface area contributed by atoms with Gasteiger partial charge in [-0.05, 0) is 31.4 Å². The van der Waals surface area contributed by atoms with Gasteiger partial charge >= 0.3 is 0 Å². The number of halogens is 1. The van der Waals surface area contributed by atoms with E-state index in [1.807, 2.05) is 12.1 Å². The van der Waals surface area contributed by atoms with Crippen molar-refractivity contribution in [2.45, 2.75) is 51.8 Å². The second-order valence-electron chi connectivity index (χ2n) is 6.77. The second-order valence-corrected chi connectivity index (χ2v) is 6.77. The van der Waals surface area contributed by atoms with Crippen molar-refractivity contribution in [2.75, 3.05) is 13.1 Å². The van der Waals surface area contributed by atoms with E-state index in [-0.39, 0.29) is 30.1 Å². The molecule has 2 aliphatic heterocycles. The smallest absolute Gasteiger partial charge is 0.191 e. The molecule has 0 bridgehead atoms. The quantitative estimate of drug-likeness (QED) is 0.389. The molecule has 0 spiro atoms. The fourth-order valence-corrected chi connectivity index (χ4v) is 3.56. The van der Waals surface area contributed by atoms with Crippen LogP contribution < -0.4 is 15.4 Å². The van der Waals surface area contributed by atoms with Crippen molar-refractivity contribution in [3.05, 3.63) is 41.5 Å². The van der Waals surface area contributed by atoms with Gasteiger partial charge in [-0.2, -0.15) is 0 Å². The summed E-state index contributed by atoms with van der Waals surface area (Å²) in [6.45, 7) is 5.14. The number of hydrogen-bond acceptors (Lipinski definition) is 4. The van der Waals surface area contributed by atoms with Crippen LogP contribution in [0.4, 0.5) is 0 Å². The molecule has 1 unspecified atom stereocenters. The van der Waals surface area contributed by atoms with E-state index in [0.29, 0.717) is 6.54 Å². The van der Waals surface area contributed by atoms with E-state index in [0.717, 1.165) is 55.8 Å². The van der Waals surface area contributed by atoms with Crippen LogP contribution in [0.3, 0.4) is 0 Å². The van der Waals surface area contributed by atoms with Gasteiger partial charge in [0.2, 0.25) is 0 Å². The normalized spacial score (nSPS) is 18.1. The molecule has 4 rings (SSSR count). The summed E-state index contributed by atoms with van der Waals surface area (Å²) in [7, 11) is 0. The Labute approximate surface area is 177 Å². The van der Waals surface area contributed by atoms with Gasteiger partial charge in [0.15, 0.2) is 11.8 Å². The Morgan fingerprint density at radius 1 is 1.26 bits per heavy atom. The van der Waals surface area contributed by atoms with Gasteiger partial charge < -0.3 is 19.9 Å². The van der Waals surface area contributed by atoms with Crippen LogP contribution in [0.2, 0.25) is 0 Å². The summed E-state index contributed by atoms with van der Waals surface area (Å²) in [6, 6.07) is 8.23. The van der Waals surface area contributed by atoms with Gasteiger partial charge in [-0.15, -0.1) is 34.2 Å². The first-order valence-corrected chi connectivity index (χ1v) is 9.51. The third-order valence-corrected chi connectivity index (χ3v) is 4.87. The highest BCUT2D eigenvalue weighted by Crippen LogP contribution is 2.27. The fourth-order valence-electron chi connectivity index (χ4n) is 3.56. The Hall–Kier alpha value is -1.84. The van der Waals surface area contributed by atoms with Crippen LogP contribution in [0.1, 0.15) is 37.0 Å². The molecule has 2 aromatic rings. The van der Waals surface area contributed by atoms with Crippen molar-refractivity contribution < 1.29 is 4.74 Å². The van der Waals surface area contributed by atoms with Gasteiger partial charge in [0.1, 0.15) is 24.2 Å². The molecule has 0 amide bonds. The zero-order valence-electron chi connectivity index (χ0n) is 15.6. The van der Waals surface area contributed by atoms with Crippen molar-refractivity contribution in [1.82, 2.24) is 25.4 Å². The summed E-state index contributed by atoms with van der Waals surface area (Å²) >= 11 is 0. The number of aromatic nitrogens is 3. The molecule has 2 aliphatic rings. The number of guanidine groups is 1. The number of para-hydroxylation sites is 1. The van der Waals surface area contributed by atoms with E-state index >= 15 is 0 Å². The van der Waals surface area contributed by atoms with Gasteiger partial charge in [-0.1, -0.05) is 18.2 Å². The predicted molar refractivity (Wildman–Crippen MR) is 116 cm³/mol. The zero-order valence-corrected chi connectivity index (χ0v) is 18.0. The predicted octanol–water partition coefficient (Wildman–Crippen LogP) is 2.29.